The Labute approximate surface area is 142 Å². The molecular weight excluding hydrogens is 323 g/mol. The van der Waals surface area contributed by atoms with Gasteiger partial charge in [-0.2, -0.15) is 0 Å². The van der Waals surface area contributed by atoms with Gasteiger partial charge < -0.3 is 0 Å². The molecular formula is C19H21O4P. The second kappa shape index (κ2) is 7.71. The lowest BCUT2D eigenvalue weighted by Gasteiger charge is -2.18. The fourth-order valence-corrected chi connectivity index (χ4v) is 3.68. The molecule has 0 heterocycles. The Morgan fingerprint density at radius 2 is 1.50 bits per heavy atom. The summed E-state index contributed by atoms with van der Waals surface area (Å²) >= 11 is 0. The molecule has 0 aliphatic heterocycles. The molecule has 0 radical (unpaired) electrons. The van der Waals surface area contributed by atoms with Crippen molar-refractivity contribution >= 4 is 23.9 Å². The third-order valence-electron chi connectivity index (χ3n) is 3.23. The number of rotatable bonds is 8. The highest BCUT2D eigenvalue weighted by atomic mass is 31.2. The summed E-state index contributed by atoms with van der Waals surface area (Å²) in [5.41, 5.74) is 0.974. The van der Waals surface area contributed by atoms with Gasteiger partial charge in [-0.1, -0.05) is 66.8 Å². The van der Waals surface area contributed by atoms with E-state index < -0.39 is 13.1 Å². The number of hydrogen-bond donors (Lipinski definition) is 0. The molecule has 0 spiro atoms. The molecule has 2 rings (SSSR count). The Morgan fingerprint density at radius 1 is 0.958 bits per heavy atom. The summed E-state index contributed by atoms with van der Waals surface area (Å²) in [7, 11) is -4.00. The quantitative estimate of drug-likeness (QED) is 0.478. The molecule has 0 atom stereocenters. The molecule has 0 saturated heterocycles. The lowest BCUT2D eigenvalue weighted by Crippen LogP contribution is -2.10. The predicted octanol–water partition coefficient (Wildman–Crippen LogP) is 5.36. The Bertz CT molecular complexity index is 811. The molecule has 0 aliphatic carbocycles. The van der Waals surface area contributed by atoms with Gasteiger partial charge in [0.05, 0.1) is 13.2 Å². The first kappa shape index (κ1) is 18.3. The van der Waals surface area contributed by atoms with E-state index in [-0.39, 0.29) is 13.2 Å². The lowest BCUT2D eigenvalue weighted by molar-refractivity contribution is 0.101. The van der Waals surface area contributed by atoms with Gasteiger partial charge in [-0.05, 0) is 24.6 Å². The van der Waals surface area contributed by atoms with Gasteiger partial charge in [-0.25, -0.2) is 0 Å². The number of benzene rings is 2. The molecule has 5 heteroatoms. The maximum Gasteiger partial charge on any atom is 0.402 e. The zero-order chi connectivity index (χ0) is 17.7. The van der Waals surface area contributed by atoms with Crippen LogP contribution in [0.5, 0.6) is 0 Å². The average Bonchev–Trinajstić information content (AvgIpc) is 2.57. The normalized spacial score (nSPS) is 11.4. The van der Waals surface area contributed by atoms with Crippen molar-refractivity contribution in [3.8, 4) is 0 Å². The van der Waals surface area contributed by atoms with Crippen LogP contribution in [0.1, 0.15) is 24.2 Å². The second-order valence-electron chi connectivity index (χ2n) is 5.79. The van der Waals surface area contributed by atoms with Crippen molar-refractivity contribution < 1.29 is 18.4 Å². The fraction of sp³-hybridized carbons (Fsp3) is 0.211. The summed E-state index contributed by atoms with van der Waals surface area (Å²) in [5, 5.41) is 1.60. The van der Waals surface area contributed by atoms with Gasteiger partial charge in [-0.3, -0.25) is 18.4 Å². The van der Waals surface area contributed by atoms with Gasteiger partial charge in [0.15, 0.2) is 0 Å². The molecule has 2 aromatic carbocycles. The van der Waals surface area contributed by atoms with E-state index in [1.165, 1.54) is 0 Å². The topological polar surface area (TPSA) is 52.6 Å². The standard InChI is InChI=1S/C19H21O4P/c1-14(2)12-22-24(21,23-13-15(3)4)19(20)18-11-7-9-16-8-5-6-10-17(16)18/h5-11H,1,3,12-13H2,2,4H3. The highest BCUT2D eigenvalue weighted by Crippen LogP contribution is 2.52. The van der Waals surface area contributed by atoms with Gasteiger partial charge in [0.1, 0.15) is 0 Å². The Hall–Kier alpha value is -2.00. The maximum absolute atomic E-state index is 13.1. The first-order valence-electron chi connectivity index (χ1n) is 7.54. The maximum atomic E-state index is 13.1. The van der Waals surface area contributed by atoms with E-state index in [9.17, 15) is 9.36 Å². The van der Waals surface area contributed by atoms with E-state index in [1.807, 2.05) is 30.3 Å². The summed E-state index contributed by atoms with van der Waals surface area (Å²) in [6.07, 6.45) is 0. The van der Waals surface area contributed by atoms with E-state index in [0.717, 1.165) is 5.39 Å². The number of hydrogen-bond acceptors (Lipinski definition) is 4. The highest BCUT2D eigenvalue weighted by Gasteiger charge is 2.36. The molecule has 4 nitrogen and oxygen atoms in total. The number of carbonyl (C=O) groups is 1. The van der Waals surface area contributed by atoms with Crippen molar-refractivity contribution in [1.29, 1.82) is 0 Å². The van der Waals surface area contributed by atoms with Gasteiger partial charge in [0.25, 0.3) is 5.52 Å². The summed E-state index contributed by atoms with van der Waals surface area (Å²) in [5.74, 6) is 0. The van der Waals surface area contributed by atoms with Crippen LogP contribution in [0.4, 0.5) is 0 Å². The van der Waals surface area contributed by atoms with Crippen LogP contribution >= 0.6 is 7.60 Å². The molecule has 0 N–H and O–H groups in total. The predicted molar refractivity (Wildman–Crippen MR) is 97.4 cm³/mol. The van der Waals surface area contributed by atoms with Gasteiger partial charge >= 0.3 is 7.60 Å². The summed E-state index contributed by atoms with van der Waals surface area (Å²) < 4.78 is 23.8. The largest absolute Gasteiger partial charge is 0.402 e. The lowest BCUT2D eigenvalue weighted by atomic mass is 10.1. The van der Waals surface area contributed by atoms with Crippen molar-refractivity contribution in [2.24, 2.45) is 0 Å². The SMILES string of the molecule is C=C(C)COP(=O)(OCC(=C)C)C(=O)c1cccc2ccccc12. The van der Waals surface area contributed by atoms with E-state index in [0.29, 0.717) is 22.1 Å². The van der Waals surface area contributed by atoms with Gasteiger partial charge in [0, 0.05) is 5.56 Å². The molecule has 2 aromatic rings. The molecule has 0 fully saturated rings. The van der Waals surface area contributed by atoms with Crippen LogP contribution in [0.25, 0.3) is 10.8 Å². The second-order valence-corrected chi connectivity index (χ2v) is 7.71. The van der Waals surface area contributed by atoms with Crippen LogP contribution in [0.2, 0.25) is 0 Å². The van der Waals surface area contributed by atoms with E-state index in [2.05, 4.69) is 13.2 Å². The van der Waals surface area contributed by atoms with Crippen molar-refractivity contribution in [3.63, 3.8) is 0 Å². The third-order valence-corrected chi connectivity index (χ3v) is 4.91. The van der Waals surface area contributed by atoms with Crippen molar-refractivity contribution in [2.45, 2.75) is 13.8 Å². The molecule has 126 valence electrons. The minimum atomic E-state index is -4.00. The van der Waals surface area contributed by atoms with Crippen molar-refractivity contribution in [3.05, 3.63) is 72.3 Å². The van der Waals surface area contributed by atoms with Gasteiger partial charge in [-0.15, -0.1) is 0 Å². The first-order valence-corrected chi connectivity index (χ1v) is 9.08. The summed E-state index contributed by atoms with van der Waals surface area (Å²) in [6.45, 7) is 10.8. The van der Waals surface area contributed by atoms with Crippen LogP contribution in [0, 0.1) is 0 Å². The Morgan fingerprint density at radius 3 is 2.08 bits per heavy atom. The first-order chi connectivity index (χ1) is 11.3. The summed E-state index contributed by atoms with van der Waals surface area (Å²) in [6, 6.07) is 12.7. The minimum Gasteiger partial charge on any atom is -0.298 e. The molecule has 0 bridgehead atoms. The highest BCUT2D eigenvalue weighted by molar-refractivity contribution is 7.72. The molecule has 0 saturated carbocycles. The van der Waals surface area contributed by atoms with E-state index in [1.54, 1.807) is 26.0 Å². The molecule has 0 amide bonds. The van der Waals surface area contributed by atoms with Crippen LogP contribution in [0.3, 0.4) is 0 Å². The zero-order valence-electron chi connectivity index (χ0n) is 14.0. The monoisotopic (exact) mass is 344 g/mol. The molecule has 0 unspecified atom stereocenters. The minimum absolute atomic E-state index is 0.00995. The van der Waals surface area contributed by atoms with Crippen LogP contribution < -0.4 is 0 Å². The average molecular weight is 344 g/mol. The molecule has 0 aliphatic rings. The van der Waals surface area contributed by atoms with Gasteiger partial charge in [0.2, 0.25) is 0 Å². The van der Waals surface area contributed by atoms with E-state index in [4.69, 9.17) is 9.05 Å². The van der Waals surface area contributed by atoms with Crippen LogP contribution in [0.15, 0.2) is 66.8 Å². The third kappa shape index (κ3) is 4.30. The van der Waals surface area contributed by atoms with Crippen molar-refractivity contribution in [2.75, 3.05) is 13.2 Å². The number of carbonyl (C=O) groups excluding carboxylic acids is 1. The Balaban J connectivity index is 2.43. The molecule has 0 aromatic heterocycles. The molecule has 24 heavy (non-hydrogen) atoms. The fourth-order valence-electron chi connectivity index (χ4n) is 2.10. The summed E-state index contributed by atoms with van der Waals surface area (Å²) in [4.78, 5) is 12.9. The van der Waals surface area contributed by atoms with E-state index >= 15 is 0 Å². The number of fused-ring (bicyclic) bond motifs is 1. The van der Waals surface area contributed by atoms with Crippen LogP contribution in [-0.4, -0.2) is 18.7 Å². The smallest absolute Gasteiger partial charge is 0.298 e. The van der Waals surface area contributed by atoms with Crippen LogP contribution in [-0.2, 0) is 13.6 Å². The van der Waals surface area contributed by atoms with Crippen molar-refractivity contribution in [1.82, 2.24) is 0 Å². The zero-order valence-corrected chi connectivity index (χ0v) is 14.8. The Kier molecular flexibility index (Phi) is 5.89.